The molecule has 0 aliphatic heterocycles. The third-order valence-corrected chi connectivity index (χ3v) is 9.44. The van der Waals surface area contributed by atoms with Crippen LogP contribution in [0, 0.1) is 46.8 Å². The van der Waals surface area contributed by atoms with E-state index in [2.05, 4.69) is 19.9 Å². The maximum Gasteiger partial charge on any atom is 0.0882 e. The summed E-state index contributed by atoms with van der Waals surface area (Å²) < 4.78 is 5.33. The summed E-state index contributed by atoms with van der Waals surface area (Å²) >= 11 is 0. The number of methoxy groups -OCH3 is 1. The predicted molar refractivity (Wildman–Crippen MR) is 100 cm³/mol. The molecule has 5 rings (SSSR count). The Morgan fingerprint density at radius 1 is 1.08 bits per heavy atom. The number of hydrogen-bond acceptors (Lipinski definition) is 2. The molecule has 1 N–H and O–H groups in total. The Bertz CT molecular complexity index is 583. The number of ether oxygens (including phenoxy) is 1. The van der Waals surface area contributed by atoms with E-state index in [-0.39, 0.29) is 0 Å². The molecule has 9 atom stereocenters. The lowest BCUT2D eigenvalue weighted by molar-refractivity contribution is -0.121. The lowest BCUT2D eigenvalue weighted by Gasteiger charge is -2.57. The Morgan fingerprint density at radius 2 is 1.88 bits per heavy atom. The number of allylic oxidation sites excluding steroid dienone is 2. The largest absolute Gasteiger partial charge is 0.387 e. The van der Waals surface area contributed by atoms with E-state index in [0.29, 0.717) is 12.0 Å². The van der Waals surface area contributed by atoms with Gasteiger partial charge in [0.1, 0.15) is 0 Å². The average molecular weight is 345 g/mol. The van der Waals surface area contributed by atoms with Crippen LogP contribution >= 0.6 is 0 Å². The summed E-state index contributed by atoms with van der Waals surface area (Å²) in [7, 11) is 1.73. The summed E-state index contributed by atoms with van der Waals surface area (Å²) in [6, 6.07) is 0. The molecular weight excluding hydrogens is 308 g/mol. The molecule has 0 aromatic carbocycles. The molecule has 2 nitrogen and oxygen atoms in total. The second kappa shape index (κ2) is 5.58. The topological polar surface area (TPSA) is 29.5 Å². The summed E-state index contributed by atoms with van der Waals surface area (Å²) in [6.45, 7) is 5.43. The van der Waals surface area contributed by atoms with Crippen LogP contribution in [0.5, 0.6) is 0 Å². The van der Waals surface area contributed by atoms with Gasteiger partial charge in [-0.05, 0) is 105 Å². The molecule has 5 saturated carbocycles. The first-order valence-electron chi connectivity index (χ1n) is 10.9. The van der Waals surface area contributed by atoms with Crippen molar-refractivity contribution in [2.75, 3.05) is 13.7 Å². The van der Waals surface area contributed by atoms with E-state index in [0.717, 1.165) is 54.3 Å². The Kier molecular flexibility index (Phi) is 3.75. The second-order valence-electron chi connectivity index (χ2n) is 10.5. The van der Waals surface area contributed by atoms with Gasteiger partial charge in [0.15, 0.2) is 0 Å². The Balaban J connectivity index is 1.38. The first kappa shape index (κ1) is 16.8. The fourth-order valence-electron chi connectivity index (χ4n) is 8.67. The zero-order chi connectivity index (χ0) is 17.4. The number of hydrogen-bond donors (Lipinski definition) is 1. The van der Waals surface area contributed by atoms with Crippen LogP contribution in [0.4, 0.5) is 0 Å². The molecular formula is C23H36O2. The first-order chi connectivity index (χ1) is 12.0. The number of fused-ring (bicyclic) bond motifs is 7. The van der Waals surface area contributed by atoms with Crippen LogP contribution in [0.2, 0.25) is 0 Å². The van der Waals surface area contributed by atoms with Crippen molar-refractivity contribution in [3.05, 3.63) is 11.6 Å². The van der Waals surface area contributed by atoms with Crippen molar-refractivity contribution >= 4 is 0 Å². The Morgan fingerprint density at radius 3 is 2.64 bits per heavy atom. The van der Waals surface area contributed by atoms with Crippen LogP contribution in [0.15, 0.2) is 11.6 Å². The maximum absolute atomic E-state index is 10.9. The van der Waals surface area contributed by atoms with Crippen LogP contribution < -0.4 is 0 Å². The minimum Gasteiger partial charge on any atom is -0.387 e. The van der Waals surface area contributed by atoms with Gasteiger partial charge in [-0.15, -0.1) is 0 Å². The van der Waals surface area contributed by atoms with E-state index < -0.39 is 5.60 Å². The molecule has 140 valence electrons. The fourth-order valence-corrected chi connectivity index (χ4v) is 8.67. The molecule has 0 saturated heterocycles. The maximum atomic E-state index is 10.9. The van der Waals surface area contributed by atoms with E-state index in [4.69, 9.17) is 4.74 Å². The molecule has 0 aromatic rings. The van der Waals surface area contributed by atoms with Crippen LogP contribution in [0.1, 0.15) is 65.2 Å². The van der Waals surface area contributed by atoms with Crippen molar-refractivity contribution in [2.24, 2.45) is 46.8 Å². The minimum absolute atomic E-state index is 0.527. The third kappa shape index (κ3) is 2.29. The van der Waals surface area contributed by atoms with Crippen LogP contribution in [-0.2, 0) is 4.74 Å². The summed E-state index contributed by atoms with van der Waals surface area (Å²) in [5, 5.41) is 10.9. The van der Waals surface area contributed by atoms with Crippen molar-refractivity contribution in [3.8, 4) is 0 Å². The highest BCUT2D eigenvalue weighted by Gasteiger charge is 2.67. The van der Waals surface area contributed by atoms with E-state index in [9.17, 15) is 5.11 Å². The fraction of sp³-hybridized carbons (Fsp3) is 0.913. The molecule has 5 aliphatic carbocycles. The van der Waals surface area contributed by atoms with Gasteiger partial charge in [0, 0.05) is 7.11 Å². The van der Waals surface area contributed by atoms with Crippen molar-refractivity contribution in [1.29, 1.82) is 0 Å². The van der Waals surface area contributed by atoms with Crippen molar-refractivity contribution < 1.29 is 9.84 Å². The third-order valence-electron chi connectivity index (χ3n) is 9.44. The molecule has 25 heavy (non-hydrogen) atoms. The Labute approximate surface area is 153 Å². The molecule has 0 radical (unpaired) electrons. The smallest absolute Gasteiger partial charge is 0.0882 e. The van der Waals surface area contributed by atoms with E-state index in [1.165, 1.54) is 38.5 Å². The highest BCUT2D eigenvalue weighted by molar-refractivity contribution is 5.34. The van der Waals surface area contributed by atoms with Crippen LogP contribution in [-0.4, -0.2) is 24.4 Å². The van der Waals surface area contributed by atoms with E-state index in [1.807, 2.05) is 5.57 Å². The van der Waals surface area contributed by atoms with Gasteiger partial charge >= 0.3 is 0 Å². The molecule has 0 heterocycles. The standard InChI is InChI=1S/C23H36O2/c1-4-20-18-11-19(18)21-17-6-5-14-12-23(24,13-25-3)10-8-15(14)16(17)7-9-22(20,21)2/h4,14-19,21,24H,5-13H2,1-3H3/b20-4-/t14-,15-,16+,17+,18-,19+,21+,22+,23+/m0/s1. The number of aliphatic hydroxyl groups is 1. The molecule has 5 aliphatic rings. The number of rotatable bonds is 2. The van der Waals surface area contributed by atoms with Gasteiger partial charge in [-0.25, -0.2) is 0 Å². The molecule has 0 bridgehead atoms. The monoisotopic (exact) mass is 344 g/mol. The lowest BCUT2D eigenvalue weighted by atomic mass is 9.48. The van der Waals surface area contributed by atoms with Gasteiger partial charge in [-0.2, -0.15) is 0 Å². The second-order valence-corrected chi connectivity index (χ2v) is 10.5. The van der Waals surface area contributed by atoms with Crippen LogP contribution in [0.25, 0.3) is 0 Å². The highest BCUT2D eigenvalue weighted by atomic mass is 16.5. The van der Waals surface area contributed by atoms with Gasteiger partial charge in [-0.1, -0.05) is 18.6 Å². The van der Waals surface area contributed by atoms with Gasteiger partial charge in [0.2, 0.25) is 0 Å². The molecule has 5 fully saturated rings. The van der Waals surface area contributed by atoms with Crippen molar-refractivity contribution in [3.63, 3.8) is 0 Å². The molecule has 0 amide bonds. The summed E-state index contributed by atoms with van der Waals surface area (Å²) in [5.41, 5.74) is 1.82. The first-order valence-corrected chi connectivity index (χ1v) is 10.9. The average Bonchev–Trinajstić information content (AvgIpc) is 3.29. The predicted octanol–water partition coefficient (Wildman–Crippen LogP) is 4.82. The summed E-state index contributed by atoms with van der Waals surface area (Å²) in [5.74, 6) is 6.50. The van der Waals surface area contributed by atoms with E-state index in [1.54, 1.807) is 7.11 Å². The van der Waals surface area contributed by atoms with Crippen molar-refractivity contribution in [1.82, 2.24) is 0 Å². The normalized spacial score (nSPS) is 58.2. The zero-order valence-electron chi connectivity index (χ0n) is 16.3. The van der Waals surface area contributed by atoms with Gasteiger partial charge in [0.05, 0.1) is 12.2 Å². The molecule has 0 spiro atoms. The molecule has 0 aromatic heterocycles. The van der Waals surface area contributed by atoms with Gasteiger partial charge < -0.3 is 9.84 Å². The summed E-state index contributed by atoms with van der Waals surface area (Å²) in [4.78, 5) is 0. The SMILES string of the molecule is C/C=C1/[C@H]2C[C@H]2[C@H]2[C@@H]3CC[C@H]4C[C@@](O)(COC)CC[C@@H]4[C@H]3CC[C@]12C. The zero-order valence-corrected chi connectivity index (χ0v) is 16.3. The molecule has 0 unspecified atom stereocenters. The van der Waals surface area contributed by atoms with Crippen LogP contribution in [0.3, 0.4) is 0 Å². The summed E-state index contributed by atoms with van der Waals surface area (Å²) in [6.07, 6.45) is 12.8. The van der Waals surface area contributed by atoms with Gasteiger partial charge in [0.25, 0.3) is 0 Å². The van der Waals surface area contributed by atoms with Gasteiger partial charge in [-0.3, -0.25) is 0 Å². The quantitative estimate of drug-likeness (QED) is 0.728. The highest BCUT2D eigenvalue weighted by Crippen LogP contribution is 2.74. The minimum atomic E-state index is -0.543. The molecule has 2 heteroatoms. The Hall–Kier alpha value is -0.340. The van der Waals surface area contributed by atoms with E-state index >= 15 is 0 Å². The van der Waals surface area contributed by atoms with Crippen molar-refractivity contribution in [2.45, 2.75) is 70.8 Å². The lowest BCUT2D eigenvalue weighted by Crippen LogP contribution is -2.52.